The summed E-state index contributed by atoms with van der Waals surface area (Å²) in [4.78, 5) is 2.11. The molecular weight excluding hydrogens is 220 g/mol. The maximum atomic E-state index is 3.49. The monoisotopic (exact) mass is 240 g/mol. The zero-order chi connectivity index (χ0) is 13.0. The van der Waals surface area contributed by atoms with Crippen LogP contribution in [-0.4, -0.2) is 14.1 Å². The van der Waals surface area contributed by atoms with E-state index in [9.17, 15) is 0 Å². The molecule has 2 heteroatoms. The van der Waals surface area contributed by atoms with Crippen molar-refractivity contribution in [2.45, 2.75) is 13.0 Å². The van der Waals surface area contributed by atoms with E-state index in [0.717, 1.165) is 5.69 Å². The first-order valence-electron chi connectivity index (χ1n) is 6.25. The smallest absolute Gasteiger partial charge is 0.0485 e. The van der Waals surface area contributed by atoms with Gasteiger partial charge in [0.05, 0.1) is 0 Å². The first kappa shape index (κ1) is 12.5. The number of rotatable bonds is 4. The molecule has 2 rings (SSSR count). The van der Waals surface area contributed by atoms with Crippen molar-refractivity contribution in [3.8, 4) is 0 Å². The Morgan fingerprint density at radius 2 is 1.50 bits per heavy atom. The summed E-state index contributed by atoms with van der Waals surface area (Å²) < 4.78 is 0. The number of nitrogens with one attached hydrogen (secondary N) is 1. The van der Waals surface area contributed by atoms with Gasteiger partial charge in [0.1, 0.15) is 0 Å². The Morgan fingerprint density at radius 3 is 2.06 bits per heavy atom. The highest BCUT2D eigenvalue weighted by atomic mass is 15.1. The van der Waals surface area contributed by atoms with Gasteiger partial charge in [-0.1, -0.05) is 30.3 Å². The summed E-state index contributed by atoms with van der Waals surface area (Å²) in [5.41, 5.74) is 3.68. The van der Waals surface area contributed by atoms with Crippen LogP contribution in [0.5, 0.6) is 0 Å². The highest BCUT2D eigenvalue weighted by Crippen LogP contribution is 2.21. The molecule has 0 aliphatic rings. The zero-order valence-corrected chi connectivity index (χ0v) is 11.2. The normalized spacial score (nSPS) is 11.9. The van der Waals surface area contributed by atoms with Crippen molar-refractivity contribution in [3.05, 3.63) is 60.2 Å². The SMILES string of the molecule is CC(Nc1ccccc1)c1ccc(N(C)C)cc1. The Labute approximate surface area is 109 Å². The number of hydrogen-bond acceptors (Lipinski definition) is 2. The molecule has 0 fully saturated rings. The van der Waals surface area contributed by atoms with Gasteiger partial charge in [0.15, 0.2) is 0 Å². The summed E-state index contributed by atoms with van der Waals surface area (Å²) in [6.45, 7) is 2.18. The fourth-order valence-corrected chi connectivity index (χ4v) is 1.93. The van der Waals surface area contributed by atoms with Gasteiger partial charge >= 0.3 is 0 Å². The zero-order valence-electron chi connectivity index (χ0n) is 11.2. The average Bonchev–Trinajstić information content (AvgIpc) is 2.40. The van der Waals surface area contributed by atoms with E-state index in [0.29, 0.717) is 6.04 Å². The third kappa shape index (κ3) is 3.04. The second-order valence-electron chi connectivity index (χ2n) is 4.72. The molecule has 2 aromatic rings. The minimum atomic E-state index is 0.309. The molecule has 0 spiro atoms. The van der Waals surface area contributed by atoms with E-state index in [1.54, 1.807) is 0 Å². The minimum Gasteiger partial charge on any atom is -0.379 e. The molecule has 0 saturated heterocycles. The average molecular weight is 240 g/mol. The molecule has 0 aliphatic heterocycles. The summed E-state index contributed by atoms with van der Waals surface area (Å²) >= 11 is 0. The van der Waals surface area contributed by atoms with Gasteiger partial charge in [-0.25, -0.2) is 0 Å². The van der Waals surface area contributed by atoms with Crippen LogP contribution in [0.1, 0.15) is 18.5 Å². The summed E-state index contributed by atoms with van der Waals surface area (Å²) in [7, 11) is 4.11. The van der Waals surface area contributed by atoms with Crippen LogP contribution >= 0.6 is 0 Å². The first-order valence-corrected chi connectivity index (χ1v) is 6.25. The van der Waals surface area contributed by atoms with Crippen LogP contribution in [0.4, 0.5) is 11.4 Å². The Kier molecular flexibility index (Phi) is 3.88. The topological polar surface area (TPSA) is 15.3 Å². The molecule has 0 aliphatic carbocycles. The standard InChI is InChI=1S/C16H20N2/c1-13(17-15-7-5-4-6-8-15)14-9-11-16(12-10-14)18(2)3/h4-13,17H,1-3H3. The van der Waals surface area contributed by atoms with Crippen molar-refractivity contribution in [1.29, 1.82) is 0 Å². The minimum absolute atomic E-state index is 0.309. The van der Waals surface area contributed by atoms with E-state index in [1.165, 1.54) is 11.3 Å². The van der Waals surface area contributed by atoms with Crippen molar-refractivity contribution in [3.63, 3.8) is 0 Å². The quantitative estimate of drug-likeness (QED) is 0.871. The van der Waals surface area contributed by atoms with Crippen LogP contribution < -0.4 is 10.2 Å². The Bertz CT molecular complexity index is 474. The predicted octanol–water partition coefficient (Wildman–Crippen LogP) is 3.93. The molecule has 18 heavy (non-hydrogen) atoms. The van der Waals surface area contributed by atoms with Crippen LogP contribution in [0.25, 0.3) is 0 Å². The van der Waals surface area contributed by atoms with Gasteiger partial charge in [-0.2, -0.15) is 0 Å². The molecule has 0 saturated carbocycles. The lowest BCUT2D eigenvalue weighted by atomic mass is 10.1. The number of anilines is 2. The first-order chi connectivity index (χ1) is 8.66. The van der Waals surface area contributed by atoms with Gasteiger partial charge in [0, 0.05) is 31.5 Å². The van der Waals surface area contributed by atoms with Crippen LogP contribution in [0.2, 0.25) is 0 Å². The molecule has 1 unspecified atom stereocenters. The van der Waals surface area contributed by atoms with Gasteiger partial charge in [-0.15, -0.1) is 0 Å². The molecule has 2 nitrogen and oxygen atoms in total. The van der Waals surface area contributed by atoms with Crippen LogP contribution in [-0.2, 0) is 0 Å². The lowest BCUT2D eigenvalue weighted by molar-refractivity contribution is 0.884. The fraction of sp³-hybridized carbons (Fsp3) is 0.250. The van der Waals surface area contributed by atoms with E-state index in [-0.39, 0.29) is 0 Å². The van der Waals surface area contributed by atoms with E-state index in [2.05, 4.69) is 67.6 Å². The number of benzene rings is 2. The van der Waals surface area contributed by atoms with E-state index in [1.807, 2.05) is 18.2 Å². The highest BCUT2D eigenvalue weighted by Gasteiger charge is 2.05. The number of para-hydroxylation sites is 1. The van der Waals surface area contributed by atoms with E-state index >= 15 is 0 Å². The van der Waals surface area contributed by atoms with E-state index < -0.39 is 0 Å². The third-order valence-electron chi connectivity index (χ3n) is 3.07. The molecule has 0 heterocycles. The maximum Gasteiger partial charge on any atom is 0.0485 e. The summed E-state index contributed by atoms with van der Waals surface area (Å²) in [6, 6.07) is 19.3. The Morgan fingerprint density at radius 1 is 0.889 bits per heavy atom. The van der Waals surface area contributed by atoms with Crippen molar-refractivity contribution < 1.29 is 0 Å². The van der Waals surface area contributed by atoms with Crippen LogP contribution in [0, 0.1) is 0 Å². The van der Waals surface area contributed by atoms with Gasteiger partial charge in [0.25, 0.3) is 0 Å². The maximum absolute atomic E-state index is 3.49. The van der Waals surface area contributed by atoms with Gasteiger partial charge in [-0.3, -0.25) is 0 Å². The highest BCUT2D eigenvalue weighted by molar-refractivity contribution is 5.49. The van der Waals surface area contributed by atoms with Crippen molar-refractivity contribution >= 4 is 11.4 Å². The lowest BCUT2D eigenvalue weighted by Gasteiger charge is -2.18. The number of nitrogens with zero attached hydrogens (tertiary/aromatic N) is 1. The third-order valence-corrected chi connectivity index (χ3v) is 3.07. The largest absolute Gasteiger partial charge is 0.379 e. The summed E-state index contributed by atoms with van der Waals surface area (Å²) in [5, 5.41) is 3.49. The second kappa shape index (κ2) is 5.58. The van der Waals surface area contributed by atoms with Crippen molar-refractivity contribution in [2.75, 3.05) is 24.3 Å². The van der Waals surface area contributed by atoms with Crippen molar-refractivity contribution in [2.24, 2.45) is 0 Å². The van der Waals surface area contributed by atoms with Crippen molar-refractivity contribution in [1.82, 2.24) is 0 Å². The molecule has 0 bridgehead atoms. The van der Waals surface area contributed by atoms with Gasteiger partial charge < -0.3 is 10.2 Å². The molecule has 2 aromatic carbocycles. The summed E-state index contributed by atoms with van der Waals surface area (Å²) in [6.07, 6.45) is 0. The molecule has 1 N–H and O–H groups in total. The predicted molar refractivity (Wildman–Crippen MR) is 79.2 cm³/mol. The van der Waals surface area contributed by atoms with Crippen LogP contribution in [0.3, 0.4) is 0 Å². The molecule has 94 valence electrons. The lowest BCUT2D eigenvalue weighted by Crippen LogP contribution is -2.10. The Balaban J connectivity index is 2.07. The molecular formula is C16H20N2. The Hall–Kier alpha value is -1.96. The molecule has 0 amide bonds. The molecule has 0 aromatic heterocycles. The van der Waals surface area contributed by atoms with Gasteiger partial charge in [-0.05, 0) is 36.8 Å². The van der Waals surface area contributed by atoms with Crippen LogP contribution in [0.15, 0.2) is 54.6 Å². The van der Waals surface area contributed by atoms with Gasteiger partial charge in [0.2, 0.25) is 0 Å². The fourth-order valence-electron chi connectivity index (χ4n) is 1.93. The van der Waals surface area contributed by atoms with E-state index in [4.69, 9.17) is 0 Å². The molecule has 0 radical (unpaired) electrons. The second-order valence-corrected chi connectivity index (χ2v) is 4.72. The summed E-state index contributed by atoms with van der Waals surface area (Å²) in [5.74, 6) is 0. The number of hydrogen-bond donors (Lipinski definition) is 1. The molecule has 1 atom stereocenters.